The number of rotatable bonds is 2. The molecule has 1 heterocycles. The number of carbonyl (C=O) groups is 1. The molecule has 0 saturated heterocycles. The van der Waals surface area contributed by atoms with Crippen LogP contribution >= 0.6 is 0 Å². The summed E-state index contributed by atoms with van der Waals surface area (Å²) in [5.41, 5.74) is 12.2. The SMILES string of the molecule is Cc1ccnc(N)c1C(=O)C1(N)CC1. The first-order valence-electron chi connectivity index (χ1n) is 4.59. The highest BCUT2D eigenvalue weighted by Gasteiger charge is 2.47. The average molecular weight is 191 g/mol. The van der Waals surface area contributed by atoms with Crippen molar-refractivity contribution in [1.29, 1.82) is 0 Å². The van der Waals surface area contributed by atoms with Gasteiger partial charge in [-0.3, -0.25) is 4.79 Å². The van der Waals surface area contributed by atoms with Crippen LogP contribution < -0.4 is 11.5 Å². The molecule has 4 nitrogen and oxygen atoms in total. The second-order valence-electron chi connectivity index (χ2n) is 3.87. The van der Waals surface area contributed by atoms with E-state index in [-0.39, 0.29) is 11.6 Å². The lowest BCUT2D eigenvalue weighted by Crippen LogP contribution is -2.34. The van der Waals surface area contributed by atoms with Crippen LogP contribution in [0, 0.1) is 6.92 Å². The van der Waals surface area contributed by atoms with Crippen LogP contribution in [0.4, 0.5) is 5.82 Å². The minimum atomic E-state index is -0.665. The van der Waals surface area contributed by atoms with Gasteiger partial charge in [0.05, 0.1) is 11.1 Å². The highest BCUT2D eigenvalue weighted by molar-refractivity contribution is 6.09. The van der Waals surface area contributed by atoms with Crippen LogP contribution in [0.5, 0.6) is 0 Å². The Balaban J connectivity index is 2.45. The summed E-state index contributed by atoms with van der Waals surface area (Å²) < 4.78 is 0. The van der Waals surface area contributed by atoms with E-state index in [1.807, 2.05) is 6.92 Å². The summed E-state index contributed by atoms with van der Waals surface area (Å²) in [4.78, 5) is 15.8. The van der Waals surface area contributed by atoms with Gasteiger partial charge in [-0.25, -0.2) is 4.98 Å². The highest BCUT2D eigenvalue weighted by atomic mass is 16.1. The maximum Gasteiger partial charge on any atom is 0.186 e. The maximum atomic E-state index is 11.9. The normalized spacial score (nSPS) is 17.9. The van der Waals surface area contributed by atoms with Crippen LogP contribution in [0.1, 0.15) is 28.8 Å². The van der Waals surface area contributed by atoms with Gasteiger partial charge in [0.1, 0.15) is 5.82 Å². The Morgan fingerprint density at radius 1 is 1.57 bits per heavy atom. The predicted molar refractivity (Wildman–Crippen MR) is 53.9 cm³/mol. The molecule has 0 bridgehead atoms. The number of nitrogen functional groups attached to an aromatic ring is 1. The van der Waals surface area contributed by atoms with Crippen LogP contribution in [0.2, 0.25) is 0 Å². The molecule has 1 saturated carbocycles. The minimum Gasteiger partial charge on any atom is -0.383 e. The molecule has 74 valence electrons. The second kappa shape index (κ2) is 2.78. The molecule has 1 fully saturated rings. The van der Waals surface area contributed by atoms with Crippen LogP contribution in [0.15, 0.2) is 12.3 Å². The Bertz CT molecular complexity index is 376. The molecule has 0 spiro atoms. The molecule has 0 unspecified atom stereocenters. The molecular weight excluding hydrogens is 178 g/mol. The largest absolute Gasteiger partial charge is 0.383 e. The number of aryl methyl sites for hydroxylation is 1. The second-order valence-corrected chi connectivity index (χ2v) is 3.87. The summed E-state index contributed by atoms with van der Waals surface area (Å²) in [5, 5.41) is 0. The molecule has 0 aliphatic heterocycles. The molecule has 1 aliphatic carbocycles. The van der Waals surface area contributed by atoms with Crippen LogP contribution in [-0.4, -0.2) is 16.3 Å². The molecular formula is C10H13N3O. The quantitative estimate of drug-likeness (QED) is 0.672. The zero-order valence-electron chi connectivity index (χ0n) is 8.08. The first kappa shape index (κ1) is 9.15. The standard InChI is InChI=1S/C10H13N3O/c1-6-2-5-13-9(11)7(6)8(14)10(12)3-4-10/h2,5H,3-4,12H2,1H3,(H2,11,13). The van der Waals surface area contributed by atoms with Gasteiger partial charge >= 0.3 is 0 Å². The average Bonchev–Trinajstić information content (AvgIpc) is 2.84. The van der Waals surface area contributed by atoms with E-state index in [4.69, 9.17) is 11.5 Å². The van der Waals surface area contributed by atoms with E-state index in [1.54, 1.807) is 12.3 Å². The van der Waals surface area contributed by atoms with Crippen molar-refractivity contribution in [2.75, 3.05) is 5.73 Å². The van der Waals surface area contributed by atoms with E-state index >= 15 is 0 Å². The van der Waals surface area contributed by atoms with E-state index in [2.05, 4.69) is 4.98 Å². The van der Waals surface area contributed by atoms with Gasteiger partial charge in [-0.15, -0.1) is 0 Å². The molecule has 2 rings (SSSR count). The zero-order chi connectivity index (χ0) is 10.3. The number of ketones is 1. The number of anilines is 1. The number of Topliss-reactive ketones (excluding diaryl/α,β-unsaturated/α-hetero) is 1. The molecule has 4 N–H and O–H groups in total. The molecule has 0 amide bonds. The Kier molecular flexibility index (Phi) is 1.82. The van der Waals surface area contributed by atoms with Gasteiger partial charge in [0, 0.05) is 6.20 Å². The summed E-state index contributed by atoms with van der Waals surface area (Å²) in [7, 11) is 0. The van der Waals surface area contributed by atoms with Crippen LogP contribution in [0.3, 0.4) is 0 Å². The van der Waals surface area contributed by atoms with Crippen molar-refractivity contribution in [1.82, 2.24) is 4.98 Å². The molecule has 14 heavy (non-hydrogen) atoms. The van der Waals surface area contributed by atoms with Crippen LogP contribution in [0.25, 0.3) is 0 Å². The van der Waals surface area contributed by atoms with Gasteiger partial charge in [-0.2, -0.15) is 0 Å². The summed E-state index contributed by atoms with van der Waals surface area (Å²) >= 11 is 0. The summed E-state index contributed by atoms with van der Waals surface area (Å²) in [6, 6.07) is 1.77. The number of nitrogens with zero attached hydrogens (tertiary/aromatic N) is 1. The molecule has 1 aliphatic rings. The number of hydrogen-bond donors (Lipinski definition) is 2. The Morgan fingerprint density at radius 3 is 2.71 bits per heavy atom. The number of pyridine rings is 1. The molecule has 1 aromatic rings. The third-order valence-corrected chi connectivity index (χ3v) is 2.66. The van der Waals surface area contributed by atoms with Crippen LogP contribution in [-0.2, 0) is 0 Å². The van der Waals surface area contributed by atoms with Crippen molar-refractivity contribution < 1.29 is 4.79 Å². The first-order valence-corrected chi connectivity index (χ1v) is 4.59. The third kappa shape index (κ3) is 1.28. The monoisotopic (exact) mass is 191 g/mol. The number of hydrogen-bond acceptors (Lipinski definition) is 4. The Labute approximate surface area is 82.3 Å². The van der Waals surface area contributed by atoms with Crippen molar-refractivity contribution in [3.63, 3.8) is 0 Å². The van der Waals surface area contributed by atoms with E-state index in [0.29, 0.717) is 5.56 Å². The minimum absolute atomic E-state index is 0.0689. The summed E-state index contributed by atoms with van der Waals surface area (Å²) in [6.07, 6.45) is 3.09. The molecule has 0 radical (unpaired) electrons. The van der Waals surface area contributed by atoms with Crippen molar-refractivity contribution in [2.45, 2.75) is 25.3 Å². The Hall–Kier alpha value is -1.42. The van der Waals surface area contributed by atoms with Crippen molar-refractivity contribution in [3.8, 4) is 0 Å². The number of nitrogens with two attached hydrogens (primary N) is 2. The van der Waals surface area contributed by atoms with Crippen molar-refractivity contribution in [2.24, 2.45) is 5.73 Å². The lowest BCUT2D eigenvalue weighted by Gasteiger charge is -2.11. The summed E-state index contributed by atoms with van der Waals surface area (Å²) in [5.74, 6) is 0.215. The maximum absolute atomic E-state index is 11.9. The number of carbonyl (C=O) groups excluding carboxylic acids is 1. The van der Waals surface area contributed by atoms with Gasteiger partial charge in [0.25, 0.3) is 0 Å². The van der Waals surface area contributed by atoms with Gasteiger partial charge in [-0.05, 0) is 31.4 Å². The molecule has 4 heteroatoms. The topological polar surface area (TPSA) is 82.0 Å². The lowest BCUT2D eigenvalue weighted by atomic mass is 10.00. The first-order chi connectivity index (χ1) is 6.54. The third-order valence-electron chi connectivity index (χ3n) is 2.66. The van der Waals surface area contributed by atoms with Gasteiger partial charge in [0.15, 0.2) is 5.78 Å². The smallest absolute Gasteiger partial charge is 0.186 e. The van der Waals surface area contributed by atoms with Gasteiger partial charge in [0.2, 0.25) is 0 Å². The molecule has 1 aromatic heterocycles. The Morgan fingerprint density at radius 2 is 2.21 bits per heavy atom. The fraction of sp³-hybridized carbons (Fsp3) is 0.400. The van der Waals surface area contributed by atoms with Gasteiger partial charge < -0.3 is 11.5 Å². The fourth-order valence-corrected chi connectivity index (χ4v) is 1.49. The zero-order valence-corrected chi connectivity index (χ0v) is 8.08. The van der Waals surface area contributed by atoms with E-state index < -0.39 is 5.54 Å². The molecule has 0 atom stereocenters. The molecule has 0 aromatic carbocycles. The number of aromatic nitrogens is 1. The summed E-state index contributed by atoms with van der Waals surface area (Å²) in [6.45, 7) is 1.84. The predicted octanol–water partition coefficient (Wildman–Crippen LogP) is 0.646. The highest BCUT2D eigenvalue weighted by Crippen LogP contribution is 2.37. The van der Waals surface area contributed by atoms with Crippen molar-refractivity contribution in [3.05, 3.63) is 23.4 Å². The van der Waals surface area contributed by atoms with E-state index in [1.165, 1.54) is 0 Å². The fourth-order valence-electron chi connectivity index (χ4n) is 1.49. The van der Waals surface area contributed by atoms with Gasteiger partial charge in [-0.1, -0.05) is 0 Å². The van der Waals surface area contributed by atoms with E-state index in [0.717, 1.165) is 18.4 Å². The van der Waals surface area contributed by atoms with Crippen molar-refractivity contribution >= 4 is 11.6 Å². The van der Waals surface area contributed by atoms with E-state index in [9.17, 15) is 4.79 Å². The lowest BCUT2D eigenvalue weighted by molar-refractivity contribution is 0.0949.